The fourth-order valence-electron chi connectivity index (χ4n) is 1.33. The molecule has 0 aliphatic rings. The molecule has 2 unspecified atom stereocenters. The minimum atomic E-state index is -0.211. The highest BCUT2D eigenvalue weighted by atomic mass is 16.3. The van der Waals surface area contributed by atoms with Gasteiger partial charge in [0.05, 0.1) is 12.6 Å². The third-order valence-electron chi connectivity index (χ3n) is 2.38. The molecule has 0 aliphatic heterocycles. The summed E-state index contributed by atoms with van der Waals surface area (Å²) in [5.41, 5.74) is 5.98. The van der Waals surface area contributed by atoms with Crippen molar-refractivity contribution in [2.75, 3.05) is 6.61 Å². The second-order valence-corrected chi connectivity index (χ2v) is 4.52. The van der Waals surface area contributed by atoms with E-state index in [-0.39, 0.29) is 24.1 Å². The van der Waals surface area contributed by atoms with Crippen molar-refractivity contribution in [2.45, 2.75) is 32.9 Å². The van der Waals surface area contributed by atoms with E-state index in [0.29, 0.717) is 0 Å². The van der Waals surface area contributed by atoms with Gasteiger partial charge in [-0.15, -0.1) is 0 Å². The van der Waals surface area contributed by atoms with E-state index in [0.717, 1.165) is 0 Å². The van der Waals surface area contributed by atoms with Crippen LogP contribution in [0.2, 0.25) is 0 Å². The first kappa shape index (κ1) is 11.1. The Morgan fingerprint density at radius 1 is 1.50 bits per heavy atom. The molecule has 14 heavy (non-hydrogen) atoms. The van der Waals surface area contributed by atoms with Gasteiger partial charge in [-0.1, -0.05) is 20.8 Å². The quantitative estimate of drug-likeness (QED) is 0.726. The molecule has 0 saturated carbocycles. The summed E-state index contributed by atoms with van der Waals surface area (Å²) < 4.78 is 1.61. The monoisotopic (exact) mass is 198 g/mol. The van der Waals surface area contributed by atoms with E-state index in [4.69, 9.17) is 5.73 Å². The molecule has 0 amide bonds. The lowest BCUT2D eigenvalue weighted by molar-refractivity contribution is 0.145. The molecule has 0 aliphatic carbocycles. The van der Waals surface area contributed by atoms with Gasteiger partial charge in [0.25, 0.3) is 0 Å². The molecule has 0 fully saturated rings. The average Bonchev–Trinajstić information content (AvgIpc) is 2.57. The van der Waals surface area contributed by atoms with E-state index in [1.165, 1.54) is 6.33 Å². The van der Waals surface area contributed by atoms with Crippen LogP contribution in [0.25, 0.3) is 0 Å². The van der Waals surface area contributed by atoms with Gasteiger partial charge < -0.3 is 10.8 Å². The standard InChI is InChI=1S/C9H18N4O/c1-9(2,3)8(10)7(4-14)13-6-11-5-12-13/h5-8,14H,4,10H2,1-3H3. The number of nitrogens with zero attached hydrogens (tertiary/aromatic N) is 3. The summed E-state index contributed by atoms with van der Waals surface area (Å²) in [6.45, 7) is 6.09. The van der Waals surface area contributed by atoms with E-state index in [2.05, 4.69) is 10.1 Å². The van der Waals surface area contributed by atoms with Crippen LogP contribution in [0.1, 0.15) is 26.8 Å². The SMILES string of the molecule is CC(C)(C)C(N)C(CO)n1cncn1. The summed E-state index contributed by atoms with van der Waals surface area (Å²) in [5.74, 6) is 0. The highest BCUT2D eigenvalue weighted by Crippen LogP contribution is 2.25. The molecule has 0 spiro atoms. The lowest BCUT2D eigenvalue weighted by Gasteiger charge is -2.32. The zero-order valence-electron chi connectivity index (χ0n) is 8.88. The molecule has 2 atom stereocenters. The summed E-state index contributed by atoms with van der Waals surface area (Å²) in [6.07, 6.45) is 3.02. The second-order valence-electron chi connectivity index (χ2n) is 4.52. The summed E-state index contributed by atoms with van der Waals surface area (Å²) in [6, 6.07) is -0.369. The van der Waals surface area contributed by atoms with Crippen LogP contribution in [0.15, 0.2) is 12.7 Å². The largest absolute Gasteiger partial charge is 0.394 e. The van der Waals surface area contributed by atoms with Crippen molar-refractivity contribution >= 4 is 0 Å². The Balaban J connectivity index is 2.83. The molecule has 0 radical (unpaired) electrons. The topological polar surface area (TPSA) is 77.0 Å². The van der Waals surface area contributed by atoms with Gasteiger partial charge in [-0.25, -0.2) is 9.67 Å². The van der Waals surface area contributed by atoms with Crippen molar-refractivity contribution in [3.8, 4) is 0 Å². The van der Waals surface area contributed by atoms with Crippen molar-refractivity contribution < 1.29 is 5.11 Å². The number of aromatic nitrogens is 3. The number of rotatable bonds is 3. The van der Waals surface area contributed by atoms with Gasteiger partial charge >= 0.3 is 0 Å². The third kappa shape index (κ3) is 2.30. The van der Waals surface area contributed by atoms with Gasteiger partial charge in [-0.05, 0) is 5.41 Å². The molecule has 1 heterocycles. The number of aliphatic hydroxyl groups excluding tert-OH is 1. The number of aliphatic hydroxyl groups is 1. The fourth-order valence-corrected chi connectivity index (χ4v) is 1.33. The molecular formula is C9H18N4O. The van der Waals surface area contributed by atoms with E-state index in [9.17, 15) is 5.11 Å². The Kier molecular flexibility index (Phi) is 3.23. The highest BCUT2D eigenvalue weighted by molar-refractivity contribution is 4.86. The van der Waals surface area contributed by atoms with Crippen molar-refractivity contribution in [3.63, 3.8) is 0 Å². The van der Waals surface area contributed by atoms with Crippen molar-refractivity contribution in [3.05, 3.63) is 12.7 Å². The predicted molar refractivity (Wildman–Crippen MR) is 53.6 cm³/mol. The molecule has 3 N–H and O–H groups in total. The van der Waals surface area contributed by atoms with E-state index < -0.39 is 0 Å². The van der Waals surface area contributed by atoms with Gasteiger partial charge in [-0.2, -0.15) is 5.10 Å². The zero-order valence-corrected chi connectivity index (χ0v) is 8.88. The normalized spacial score (nSPS) is 16.6. The van der Waals surface area contributed by atoms with Crippen molar-refractivity contribution in [1.29, 1.82) is 0 Å². The summed E-state index contributed by atoms with van der Waals surface area (Å²) in [4.78, 5) is 3.84. The first-order chi connectivity index (χ1) is 6.46. The van der Waals surface area contributed by atoms with Gasteiger partial charge in [0.1, 0.15) is 12.7 Å². The lowest BCUT2D eigenvalue weighted by Crippen LogP contribution is -2.44. The summed E-state index contributed by atoms with van der Waals surface area (Å²) in [5, 5.41) is 13.3. The van der Waals surface area contributed by atoms with Crippen LogP contribution in [0.3, 0.4) is 0 Å². The molecule has 1 rings (SSSR count). The minimum Gasteiger partial charge on any atom is -0.394 e. The van der Waals surface area contributed by atoms with Crippen LogP contribution in [0, 0.1) is 5.41 Å². The van der Waals surface area contributed by atoms with Crippen LogP contribution >= 0.6 is 0 Å². The number of hydrogen-bond donors (Lipinski definition) is 2. The first-order valence-electron chi connectivity index (χ1n) is 4.67. The van der Waals surface area contributed by atoms with Gasteiger partial charge in [-0.3, -0.25) is 0 Å². The fraction of sp³-hybridized carbons (Fsp3) is 0.778. The average molecular weight is 198 g/mol. The Labute approximate surface area is 83.9 Å². The molecule has 1 aromatic rings. The van der Waals surface area contributed by atoms with Crippen LogP contribution in [0.4, 0.5) is 0 Å². The van der Waals surface area contributed by atoms with Gasteiger partial charge in [0.15, 0.2) is 0 Å². The van der Waals surface area contributed by atoms with Gasteiger partial charge in [0.2, 0.25) is 0 Å². The molecular weight excluding hydrogens is 180 g/mol. The van der Waals surface area contributed by atoms with Crippen molar-refractivity contribution in [1.82, 2.24) is 14.8 Å². The molecule has 1 aromatic heterocycles. The second kappa shape index (κ2) is 4.06. The minimum absolute atomic E-state index is 0.0260. The Bertz CT molecular complexity index is 265. The van der Waals surface area contributed by atoms with E-state index >= 15 is 0 Å². The smallest absolute Gasteiger partial charge is 0.137 e. The molecule has 5 nitrogen and oxygen atoms in total. The summed E-state index contributed by atoms with van der Waals surface area (Å²) >= 11 is 0. The molecule has 5 heteroatoms. The van der Waals surface area contributed by atoms with Crippen molar-refractivity contribution in [2.24, 2.45) is 11.1 Å². The van der Waals surface area contributed by atoms with Crippen LogP contribution in [0.5, 0.6) is 0 Å². The maximum atomic E-state index is 9.26. The number of nitrogens with two attached hydrogens (primary N) is 1. The highest BCUT2D eigenvalue weighted by Gasteiger charge is 2.30. The molecule has 0 bridgehead atoms. The van der Waals surface area contributed by atoms with Crippen LogP contribution in [-0.2, 0) is 0 Å². The molecule has 0 saturated heterocycles. The lowest BCUT2D eigenvalue weighted by atomic mass is 9.83. The maximum absolute atomic E-state index is 9.26. The number of hydrogen-bond acceptors (Lipinski definition) is 4. The van der Waals surface area contributed by atoms with Crippen LogP contribution < -0.4 is 5.73 Å². The Morgan fingerprint density at radius 2 is 2.14 bits per heavy atom. The maximum Gasteiger partial charge on any atom is 0.137 e. The van der Waals surface area contributed by atoms with E-state index in [1.807, 2.05) is 20.8 Å². The Hall–Kier alpha value is -0.940. The van der Waals surface area contributed by atoms with Gasteiger partial charge in [0, 0.05) is 6.04 Å². The molecule has 80 valence electrons. The molecule has 0 aromatic carbocycles. The third-order valence-corrected chi connectivity index (χ3v) is 2.38. The predicted octanol–water partition coefficient (Wildman–Crippen LogP) is 0.185. The summed E-state index contributed by atoms with van der Waals surface area (Å²) in [7, 11) is 0. The van der Waals surface area contributed by atoms with E-state index in [1.54, 1.807) is 11.0 Å². The first-order valence-corrected chi connectivity index (χ1v) is 4.67. The zero-order chi connectivity index (χ0) is 10.8. The Morgan fingerprint density at radius 3 is 2.50 bits per heavy atom. The van der Waals surface area contributed by atoms with Crippen LogP contribution in [-0.4, -0.2) is 32.5 Å².